The lowest BCUT2D eigenvalue weighted by atomic mass is 10.2. The van der Waals surface area contributed by atoms with Crippen LogP contribution < -0.4 is 10.2 Å². The number of aryl methyl sites for hydroxylation is 1. The molecule has 2 N–H and O–H groups in total. The average Bonchev–Trinajstić information content (AvgIpc) is 3.01. The van der Waals surface area contributed by atoms with Gasteiger partial charge in [0, 0.05) is 25.8 Å². The van der Waals surface area contributed by atoms with E-state index in [1.165, 1.54) is 0 Å². The van der Waals surface area contributed by atoms with Crippen molar-refractivity contribution in [3.8, 4) is 0 Å². The molecular formula is C14H17N5O. The minimum absolute atomic E-state index is 0.613. The Morgan fingerprint density at radius 2 is 2.20 bits per heavy atom. The molecule has 0 radical (unpaired) electrons. The normalized spacial score (nSPS) is 10.9. The number of hydrogen-bond donors (Lipinski definition) is 2. The van der Waals surface area contributed by atoms with Gasteiger partial charge in [-0.1, -0.05) is 0 Å². The predicted octanol–water partition coefficient (Wildman–Crippen LogP) is 2.54. The molecule has 20 heavy (non-hydrogen) atoms. The zero-order chi connectivity index (χ0) is 14.1. The number of nitrogens with zero attached hydrogens (tertiary/aromatic N) is 3. The van der Waals surface area contributed by atoms with E-state index < -0.39 is 0 Å². The maximum absolute atomic E-state index is 5.69. The summed E-state index contributed by atoms with van der Waals surface area (Å²) >= 11 is 0. The molecule has 6 nitrogen and oxygen atoms in total. The fraction of sp³-hybridized carbons (Fsp3) is 0.286. The molecule has 0 atom stereocenters. The molecule has 0 amide bonds. The zero-order valence-electron chi connectivity index (χ0n) is 11.8. The summed E-state index contributed by atoms with van der Waals surface area (Å²) in [6.45, 7) is 2.73. The monoisotopic (exact) mass is 271 g/mol. The van der Waals surface area contributed by atoms with Gasteiger partial charge < -0.3 is 14.6 Å². The molecule has 0 saturated heterocycles. The summed E-state index contributed by atoms with van der Waals surface area (Å²) in [6.07, 6.45) is 1.82. The number of rotatable bonds is 4. The van der Waals surface area contributed by atoms with E-state index in [1.807, 2.05) is 50.3 Å². The highest BCUT2D eigenvalue weighted by molar-refractivity contribution is 5.78. The molecule has 2 heterocycles. The molecule has 0 unspecified atom stereocenters. The van der Waals surface area contributed by atoms with E-state index in [0.717, 1.165) is 28.0 Å². The quantitative estimate of drug-likeness (QED) is 0.763. The van der Waals surface area contributed by atoms with Gasteiger partial charge in [0.05, 0.1) is 18.4 Å². The third kappa shape index (κ3) is 2.32. The molecule has 6 heteroatoms. The molecule has 0 fully saturated rings. The van der Waals surface area contributed by atoms with E-state index in [-0.39, 0.29) is 0 Å². The van der Waals surface area contributed by atoms with Gasteiger partial charge in [0.25, 0.3) is 6.01 Å². The van der Waals surface area contributed by atoms with E-state index in [0.29, 0.717) is 12.6 Å². The molecule has 0 saturated carbocycles. The summed E-state index contributed by atoms with van der Waals surface area (Å²) < 4.78 is 5.69. The first kappa shape index (κ1) is 12.5. The van der Waals surface area contributed by atoms with Crippen LogP contribution in [0.15, 0.2) is 28.8 Å². The SMILES string of the molecule is Cc1cn[nH]c1CNc1ccc2nc(N(C)C)oc2c1. The van der Waals surface area contributed by atoms with Gasteiger partial charge in [-0.05, 0) is 24.6 Å². The minimum atomic E-state index is 0.613. The average molecular weight is 271 g/mol. The second-order valence-corrected chi connectivity index (χ2v) is 4.96. The van der Waals surface area contributed by atoms with E-state index in [9.17, 15) is 0 Å². The van der Waals surface area contributed by atoms with Gasteiger partial charge in [-0.25, -0.2) is 0 Å². The first-order chi connectivity index (χ1) is 9.63. The summed E-state index contributed by atoms with van der Waals surface area (Å²) in [6, 6.07) is 6.52. The van der Waals surface area contributed by atoms with Crippen molar-refractivity contribution in [3.05, 3.63) is 35.7 Å². The topological polar surface area (TPSA) is 70.0 Å². The van der Waals surface area contributed by atoms with Crippen LogP contribution in [0.4, 0.5) is 11.7 Å². The Labute approximate surface area is 116 Å². The van der Waals surface area contributed by atoms with Gasteiger partial charge in [-0.15, -0.1) is 0 Å². The maximum atomic E-state index is 5.69. The molecular weight excluding hydrogens is 254 g/mol. The number of oxazole rings is 1. The molecule has 1 aromatic carbocycles. The van der Waals surface area contributed by atoms with E-state index >= 15 is 0 Å². The standard InChI is InChI=1S/C14H17N5O/c1-9-7-16-18-12(9)8-15-10-4-5-11-13(6-10)20-14(17-11)19(2)3/h4-7,15H,8H2,1-3H3,(H,16,18). The second kappa shape index (κ2) is 4.88. The number of aromatic nitrogens is 3. The van der Waals surface area contributed by atoms with Crippen LogP contribution in [0, 0.1) is 6.92 Å². The number of hydrogen-bond acceptors (Lipinski definition) is 5. The van der Waals surface area contributed by atoms with Crippen LogP contribution in [-0.4, -0.2) is 29.3 Å². The molecule has 0 spiro atoms. The van der Waals surface area contributed by atoms with Crippen LogP contribution in [0.5, 0.6) is 0 Å². The maximum Gasteiger partial charge on any atom is 0.297 e. The van der Waals surface area contributed by atoms with Gasteiger partial charge in [0.15, 0.2) is 5.58 Å². The molecule has 104 valence electrons. The Balaban J connectivity index is 1.80. The highest BCUT2D eigenvalue weighted by Gasteiger charge is 2.08. The van der Waals surface area contributed by atoms with Gasteiger partial charge in [-0.3, -0.25) is 5.10 Å². The lowest BCUT2D eigenvalue weighted by Gasteiger charge is -2.05. The smallest absolute Gasteiger partial charge is 0.297 e. The number of H-pyrrole nitrogens is 1. The lowest BCUT2D eigenvalue weighted by molar-refractivity contribution is 0.597. The summed E-state index contributed by atoms with van der Waals surface area (Å²) in [5.41, 5.74) is 4.86. The van der Waals surface area contributed by atoms with Crippen molar-refractivity contribution < 1.29 is 4.42 Å². The Morgan fingerprint density at radius 1 is 1.35 bits per heavy atom. The van der Waals surface area contributed by atoms with Crippen molar-refractivity contribution in [2.75, 3.05) is 24.3 Å². The van der Waals surface area contributed by atoms with Crippen molar-refractivity contribution in [2.45, 2.75) is 13.5 Å². The lowest BCUT2D eigenvalue weighted by Crippen LogP contribution is -2.08. The van der Waals surface area contributed by atoms with Gasteiger partial charge >= 0.3 is 0 Å². The van der Waals surface area contributed by atoms with Gasteiger partial charge in [-0.2, -0.15) is 10.1 Å². The molecule has 3 aromatic rings. The third-order valence-electron chi connectivity index (χ3n) is 3.16. The first-order valence-corrected chi connectivity index (χ1v) is 6.44. The van der Waals surface area contributed by atoms with Crippen LogP contribution in [0.3, 0.4) is 0 Å². The number of nitrogens with one attached hydrogen (secondary N) is 2. The molecule has 0 bridgehead atoms. The molecule has 0 aliphatic heterocycles. The molecule has 0 aliphatic carbocycles. The minimum Gasteiger partial charge on any atom is -0.423 e. The molecule has 0 aliphatic rings. The number of aromatic amines is 1. The van der Waals surface area contributed by atoms with Crippen molar-refractivity contribution in [2.24, 2.45) is 0 Å². The number of fused-ring (bicyclic) bond motifs is 1. The number of benzene rings is 1. The van der Waals surface area contributed by atoms with E-state index in [4.69, 9.17) is 4.42 Å². The van der Waals surface area contributed by atoms with Crippen molar-refractivity contribution in [1.82, 2.24) is 15.2 Å². The summed E-state index contributed by atoms with van der Waals surface area (Å²) in [4.78, 5) is 6.24. The van der Waals surface area contributed by atoms with E-state index in [2.05, 4.69) is 20.5 Å². The predicted molar refractivity (Wildman–Crippen MR) is 79.0 cm³/mol. The van der Waals surface area contributed by atoms with Crippen LogP contribution in [-0.2, 0) is 6.54 Å². The Kier molecular flexibility index (Phi) is 3.06. The summed E-state index contributed by atoms with van der Waals surface area (Å²) in [7, 11) is 3.82. The second-order valence-electron chi connectivity index (χ2n) is 4.96. The van der Waals surface area contributed by atoms with E-state index in [1.54, 1.807) is 0 Å². The van der Waals surface area contributed by atoms with Gasteiger partial charge in [0.2, 0.25) is 0 Å². The van der Waals surface area contributed by atoms with Crippen molar-refractivity contribution >= 4 is 22.8 Å². The highest BCUT2D eigenvalue weighted by Crippen LogP contribution is 2.24. The van der Waals surface area contributed by atoms with Gasteiger partial charge in [0.1, 0.15) is 5.52 Å². The molecule has 3 rings (SSSR count). The molecule has 2 aromatic heterocycles. The Morgan fingerprint density at radius 3 is 2.90 bits per heavy atom. The summed E-state index contributed by atoms with van der Waals surface area (Å²) in [5.74, 6) is 0. The number of anilines is 2. The van der Waals surface area contributed by atoms with Crippen LogP contribution in [0.1, 0.15) is 11.3 Å². The Bertz CT molecular complexity index is 728. The largest absolute Gasteiger partial charge is 0.423 e. The first-order valence-electron chi connectivity index (χ1n) is 6.44. The van der Waals surface area contributed by atoms with Crippen molar-refractivity contribution in [1.29, 1.82) is 0 Å². The van der Waals surface area contributed by atoms with Crippen LogP contribution in [0.2, 0.25) is 0 Å². The highest BCUT2D eigenvalue weighted by atomic mass is 16.4. The van der Waals surface area contributed by atoms with Crippen LogP contribution in [0.25, 0.3) is 11.1 Å². The van der Waals surface area contributed by atoms with Crippen LogP contribution >= 0.6 is 0 Å². The summed E-state index contributed by atoms with van der Waals surface area (Å²) in [5, 5.41) is 10.3. The third-order valence-corrected chi connectivity index (χ3v) is 3.16. The fourth-order valence-electron chi connectivity index (χ4n) is 1.96. The Hall–Kier alpha value is -2.50. The fourth-order valence-corrected chi connectivity index (χ4v) is 1.96. The zero-order valence-corrected chi connectivity index (χ0v) is 11.8. The van der Waals surface area contributed by atoms with Crippen molar-refractivity contribution in [3.63, 3.8) is 0 Å².